The summed E-state index contributed by atoms with van der Waals surface area (Å²) in [6, 6.07) is 11.3. The molecule has 0 heterocycles. The summed E-state index contributed by atoms with van der Waals surface area (Å²) >= 11 is 0. The molecule has 0 N–H and O–H groups in total. The summed E-state index contributed by atoms with van der Waals surface area (Å²) in [7, 11) is -1.27. The number of benzene rings is 2. The Hall–Kier alpha value is -1.81. The lowest BCUT2D eigenvalue weighted by Crippen LogP contribution is -2.12. The lowest BCUT2D eigenvalue weighted by atomic mass is 10.1. The van der Waals surface area contributed by atoms with Crippen LogP contribution in [0.15, 0.2) is 42.5 Å². The standard InChI is InChI=1S/C17H17FO2S/c1-12-7-13(2)9-14(8-12)10-21(20)11-17(19)15-3-5-16(18)6-4-15/h3-9H,10-11H2,1-2H3. The molecule has 0 aromatic heterocycles. The van der Waals surface area contributed by atoms with Crippen LogP contribution in [0.5, 0.6) is 0 Å². The summed E-state index contributed by atoms with van der Waals surface area (Å²) < 4.78 is 24.9. The van der Waals surface area contributed by atoms with Crippen LogP contribution in [0.3, 0.4) is 0 Å². The number of carbonyl (C=O) groups is 1. The number of hydrogen-bond acceptors (Lipinski definition) is 2. The van der Waals surface area contributed by atoms with Crippen molar-refractivity contribution in [3.63, 3.8) is 0 Å². The molecule has 1 unspecified atom stereocenters. The van der Waals surface area contributed by atoms with Crippen LogP contribution in [0.4, 0.5) is 4.39 Å². The number of rotatable bonds is 5. The van der Waals surface area contributed by atoms with E-state index in [1.807, 2.05) is 26.0 Å². The topological polar surface area (TPSA) is 34.1 Å². The van der Waals surface area contributed by atoms with Gasteiger partial charge in [-0.3, -0.25) is 9.00 Å². The van der Waals surface area contributed by atoms with Gasteiger partial charge in [-0.1, -0.05) is 29.3 Å². The summed E-state index contributed by atoms with van der Waals surface area (Å²) in [6.07, 6.45) is 0. The Morgan fingerprint density at radius 1 is 1.05 bits per heavy atom. The molecule has 0 saturated heterocycles. The van der Waals surface area contributed by atoms with Gasteiger partial charge >= 0.3 is 0 Å². The van der Waals surface area contributed by atoms with Gasteiger partial charge in [0, 0.05) is 22.1 Å². The molecule has 0 fully saturated rings. The van der Waals surface area contributed by atoms with E-state index in [-0.39, 0.29) is 17.4 Å². The molecule has 0 amide bonds. The first kappa shape index (κ1) is 15.6. The second-order valence-corrected chi connectivity index (χ2v) is 6.61. The summed E-state index contributed by atoms with van der Waals surface area (Å²) in [6.45, 7) is 3.98. The van der Waals surface area contributed by atoms with Gasteiger partial charge in [0.2, 0.25) is 0 Å². The van der Waals surface area contributed by atoms with E-state index < -0.39 is 10.8 Å². The van der Waals surface area contributed by atoms with Crippen molar-refractivity contribution in [3.8, 4) is 0 Å². The Kier molecular flexibility index (Phi) is 5.02. The SMILES string of the molecule is Cc1cc(C)cc(CS(=O)CC(=O)c2ccc(F)cc2)c1. The van der Waals surface area contributed by atoms with E-state index in [0.29, 0.717) is 11.3 Å². The van der Waals surface area contributed by atoms with Crippen LogP contribution in [0.1, 0.15) is 27.0 Å². The first-order chi connectivity index (χ1) is 9.94. The lowest BCUT2D eigenvalue weighted by Gasteiger charge is -2.05. The van der Waals surface area contributed by atoms with Gasteiger partial charge in [-0.15, -0.1) is 0 Å². The predicted molar refractivity (Wildman–Crippen MR) is 83.4 cm³/mol. The van der Waals surface area contributed by atoms with Crippen molar-refractivity contribution in [2.45, 2.75) is 19.6 Å². The maximum absolute atomic E-state index is 12.8. The number of ketones is 1. The third-order valence-electron chi connectivity index (χ3n) is 3.07. The lowest BCUT2D eigenvalue weighted by molar-refractivity contribution is 0.102. The van der Waals surface area contributed by atoms with Crippen molar-refractivity contribution >= 4 is 16.6 Å². The highest BCUT2D eigenvalue weighted by molar-refractivity contribution is 7.85. The summed E-state index contributed by atoms with van der Waals surface area (Å²) in [5.41, 5.74) is 3.60. The average molecular weight is 304 g/mol. The maximum Gasteiger partial charge on any atom is 0.175 e. The fourth-order valence-electron chi connectivity index (χ4n) is 2.25. The van der Waals surface area contributed by atoms with Gasteiger partial charge in [0.25, 0.3) is 0 Å². The zero-order valence-electron chi connectivity index (χ0n) is 12.1. The van der Waals surface area contributed by atoms with Crippen LogP contribution < -0.4 is 0 Å². The fourth-order valence-corrected chi connectivity index (χ4v) is 3.35. The number of carbonyl (C=O) groups excluding carboxylic acids is 1. The smallest absolute Gasteiger partial charge is 0.175 e. The molecule has 1 atom stereocenters. The maximum atomic E-state index is 12.8. The van der Waals surface area contributed by atoms with E-state index in [9.17, 15) is 13.4 Å². The van der Waals surface area contributed by atoms with Crippen molar-refractivity contribution in [1.82, 2.24) is 0 Å². The highest BCUT2D eigenvalue weighted by Gasteiger charge is 2.11. The Bertz CT molecular complexity index is 657. The Labute approximate surface area is 126 Å². The molecule has 0 aliphatic carbocycles. The van der Waals surface area contributed by atoms with E-state index in [4.69, 9.17) is 0 Å². The molecular weight excluding hydrogens is 287 g/mol. The van der Waals surface area contributed by atoms with Gasteiger partial charge < -0.3 is 0 Å². The summed E-state index contributed by atoms with van der Waals surface area (Å²) in [5, 5.41) is 0. The Balaban J connectivity index is 2.01. The molecule has 2 aromatic rings. The molecule has 4 heteroatoms. The minimum atomic E-state index is -1.27. The molecule has 0 bridgehead atoms. The second-order valence-electron chi connectivity index (χ2n) is 5.15. The van der Waals surface area contributed by atoms with Crippen molar-refractivity contribution in [3.05, 3.63) is 70.5 Å². The van der Waals surface area contributed by atoms with E-state index in [0.717, 1.165) is 16.7 Å². The number of aryl methyl sites for hydroxylation is 2. The molecule has 0 spiro atoms. The van der Waals surface area contributed by atoms with Crippen LogP contribution in [0, 0.1) is 19.7 Å². The van der Waals surface area contributed by atoms with Crippen LogP contribution in [-0.2, 0) is 16.6 Å². The molecular formula is C17H17FO2S. The van der Waals surface area contributed by atoms with Gasteiger partial charge in [-0.05, 0) is 43.7 Å². The van der Waals surface area contributed by atoms with E-state index in [1.165, 1.54) is 24.3 Å². The minimum Gasteiger partial charge on any atom is -0.293 e. The van der Waals surface area contributed by atoms with Crippen molar-refractivity contribution in [1.29, 1.82) is 0 Å². The third-order valence-corrected chi connectivity index (χ3v) is 4.31. The highest BCUT2D eigenvalue weighted by Crippen LogP contribution is 2.12. The number of Topliss-reactive ketones (excluding diaryl/α,β-unsaturated/α-hetero) is 1. The molecule has 0 aliphatic rings. The first-order valence-electron chi connectivity index (χ1n) is 6.65. The van der Waals surface area contributed by atoms with Crippen LogP contribution in [0.25, 0.3) is 0 Å². The van der Waals surface area contributed by atoms with Gasteiger partial charge in [0.1, 0.15) is 5.82 Å². The van der Waals surface area contributed by atoms with E-state index >= 15 is 0 Å². The third kappa shape index (κ3) is 4.60. The fraction of sp³-hybridized carbons (Fsp3) is 0.235. The molecule has 0 saturated carbocycles. The number of halogens is 1. The van der Waals surface area contributed by atoms with Gasteiger partial charge in [-0.25, -0.2) is 4.39 Å². The second kappa shape index (κ2) is 6.76. The van der Waals surface area contributed by atoms with Crippen molar-refractivity contribution in [2.75, 3.05) is 5.75 Å². The monoisotopic (exact) mass is 304 g/mol. The van der Waals surface area contributed by atoms with Crippen LogP contribution >= 0.6 is 0 Å². The summed E-state index contributed by atoms with van der Waals surface area (Å²) in [4.78, 5) is 12.0. The number of hydrogen-bond donors (Lipinski definition) is 0. The molecule has 0 radical (unpaired) electrons. The molecule has 0 aliphatic heterocycles. The zero-order valence-corrected chi connectivity index (χ0v) is 12.9. The van der Waals surface area contributed by atoms with Crippen molar-refractivity contribution < 1.29 is 13.4 Å². The molecule has 2 rings (SSSR count). The van der Waals surface area contributed by atoms with Crippen LogP contribution in [-0.4, -0.2) is 15.7 Å². The normalized spacial score (nSPS) is 12.1. The highest BCUT2D eigenvalue weighted by atomic mass is 32.2. The molecule has 2 nitrogen and oxygen atoms in total. The molecule has 2 aromatic carbocycles. The van der Waals surface area contributed by atoms with Crippen molar-refractivity contribution in [2.24, 2.45) is 0 Å². The molecule has 110 valence electrons. The summed E-state index contributed by atoms with van der Waals surface area (Å²) in [5.74, 6) is -0.297. The quantitative estimate of drug-likeness (QED) is 0.791. The minimum absolute atomic E-state index is 0.0430. The predicted octanol–water partition coefficient (Wildman–Crippen LogP) is 3.57. The Morgan fingerprint density at radius 2 is 1.62 bits per heavy atom. The Morgan fingerprint density at radius 3 is 2.19 bits per heavy atom. The first-order valence-corrected chi connectivity index (χ1v) is 8.14. The van der Waals surface area contributed by atoms with E-state index in [1.54, 1.807) is 0 Å². The largest absolute Gasteiger partial charge is 0.293 e. The zero-order chi connectivity index (χ0) is 15.4. The van der Waals surface area contributed by atoms with Crippen LogP contribution in [0.2, 0.25) is 0 Å². The average Bonchev–Trinajstić information content (AvgIpc) is 2.37. The van der Waals surface area contributed by atoms with Gasteiger partial charge in [-0.2, -0.15) is 0 Å². The van der Waals surface area contributed by atoms with Gasteiger partial charge in [0.05, 0.1) is 5.75 Å². The van der Waals surface area contributed by atoms with E-state index in [2.05, 4.69) is 6.07 Å². The molecule has 21 heavy (non-hydrogen) atoms. The van der Waals surface area contributed by atoms with Gasteiger partial charge in [0.15, 0.2) is 5.78 Å².